The molecule has 1 saturated carbocycles. The van der Waals surface area contributed by atoms with Crippen LogP contribution >= 0.6 is 0 Å². The average molecular weight is 355 g/mol. The maximum atomic E-state index is 13.0. The van der Waals surface area contributed by atoms with E-state index in [1.807, 2.05) is 6.07 Å². The molecule has 136 valence electrons. The molecule has 2 heterocycles. The molecule has 3 aliphatic rings. The van der Waals surface area contributed by atoms with E-state index >= 15 is 0 Å². The normalized spacial score (nSPS) is 25.6. The first kappa shape index (κ1) is 16.8. The second kappa shape index (κ2) is 6.23. The largest absolute Gasteiger partial charge is 0.326 e. The molecule has 2 unspecified atom stereocenters. The summed E-state index contributed by atoms with van der Waals surface area (Å²) in [6, 6.07) is 4.61. The number of imide groups is 1. The molecule has 26 heavy (non-hydrogen) atoms. The first-order valence-corrected chi connectivity index (χ1v) is 8.99. The van der Waals surface area contributed by atoms with Gasteiger partial charge in [0.05, 0.1) is 0 Å². The van der Waals surface area contributed by atoms with Gasteiger partial charge in [0.25, 0.3) is 5.91 Å². The fraction of sp³-hybridized carbons (Fsp3) is 0.474. The van der Waals surface area contributed by atoms with Gasteiger partial charge in [0.2, 0.25) is 17.7 Å². The predicted octanol–water partition coefficient (Wildman–Crippen LogP) is 1.43. The Kier molecular flexibility index (Phi) is 4.01. The number of nitrogens with zero attached hydrogens (tertiary/aromatic N) is 1. The molecule has 4 amide bonds. The van der Waals surface area contributed by atoms with E-state index < -0.39 is 6.04 Å². The van der Waals surface area contributed by atoms with Gasteiger partial charge in [-0.05, 0) is 29.5 Å². The molecule has 1 saturated heterocycles. The number of benzene rings is 1. The van der Waals surface area contributed by atoms with Crippen molar-refractivity contribution in [3.05, 3.63) is 29.3 Å². The maximum Gasteiger partial charge on any atom is 0.255 e. The van der Waals surface area contributed by atoms with Gasteiger partial charge in [-0.1, -0.05) is 25.3 Å². The molecule has 1 aromatic rings. The van der Waals surface area contributed by atoms with Crippen molar-refractivity contribution in [2.75, 3.05) is 5.32 Å². The number of carbonyl (C=O) groups excluding carboxylic acids is 4. The Bertz CT molecular complexity index is 815. The number of rotatable bonds is 3. The highest BCUT2D eigenvalue weighted by molar-refractivity contribution is 6.06. The molecule has 7 nitrogen and oxygen atoms in total. The number of fused-ring (bicyclic) bond motifs is 1. The highest BCUT2D eigenvalue weighted by atomic mass is 16.2. The van der Waals surface area contributed by atoms with Crippen molar-refractivity contribution in [2.45, 2.75) is 45.2 Å². The Balaban J connectivity index is 1.62. The van der Waals surface area contributed by atoms with Crippen LogP contribution in [0.25, 0.3) is 0 Å². The van der Waals surface area contributed by atoms with Gasteiger partial charge in [-0.2, -0.15) is 0 Å². The van der Waals surface area contributed by atoms with Crippen LogP contribution in [0.4, 0.5) is 5.69 Å². The summed E-state index contributed by atoms with van der Waals surface area (Å²) in [5.74, 6) is -0.838. The molecule has 2 fully saturated rings. The van der Waals surface area contributed by atoms with Crippen LogP contribution < -0.4 is 10.6 Å². The molecule has 1 aromatic carbocycles. The lowest BCUT2D eigenvalue weighted by Gasteiger charge is -2.43. The third kappa shape index (κ3) is 2.77. The molecule has 2 aliphatic heterocycles. The Hall–Kier alpha value is -2.70. The van der Waals surface area contributed by atoms with Crippen molar-refractivity contribution in [3.63, 3.8) is 0 Å². The van der Waals surface area contributed by atoms with Gasteiger partial charge < -0.3 is 10.2 Å². The number of hydrogen-bond acceptors (Lipinski definition) is 4. The minimum absolute atomic E-state index is 0.113. The summed E-state index contributed by atoms with van der Waals surface area (Å²) in [7, 11) is 0. The molecule has 0 spiro atoms. The van der Waals surface area contributed by atoms with E-state index in [9.17, 15) is 19.2 Å². The quantitative estimate of drug-likeness (QED) is 0.802. The average Bonchev–Trinajstić information content (AvgIpc) is 2.81. The number of piperidine rings is 1. The first-order chi connectivity index (χ1) is 12.4. The number of carbonyl (C=O) groups is 4. The summed E-state index contributed by atoms with van der Waals surface area (Å²) in [6.07, 6.45) is 3.41. The van der Waals surface area contributed by atoms with Crippen LogP contribution in [-0.4, -0.2) is 34.6 Å². The van der Waals surface area contributed by atoms with Crippen LogP contribution in [0.3, 0.4) is 0 Å². The third-order valence-corrected chi connectivity index (χ3v) is 5.71. The highest BCUT2D eigenvalue weighted by Crippen LogP contribution is 2.41. The molecule has 0 aromatic heterocycles. The van der Waals surface area contributed by atoms with Crippen molar-refractivity contribution in [1.29, 1.82) is 0 Å². The SMILES string of the molecule is CC(=O)Nc1ccc2c(c1)C(=O)N(C1C(=O)NC(=O)CC1C1CCC1)C2. The van der Waals surface area contributed by atoms with Gasteiger partial charge in [0.15, 0.2) is 0 Å². The zero-order chi connectivity index (χ0) is 18.4. The van der Waals surface area contributed by atoms with Crippen molar-refractivity contribution in [3.8, 4) is 0 Å². The smallest absolute Gasteiger partial charge is 0.255 e. The summed E-state index contributed by atoms with van der Waals surface area (Å²) >= 11 is 0. The fourth-order valence-electron chi connectivity index (χ4n) is 4.28. The van der Waals surface area contributed by atoms with Crippen LogP contribution in [0, 0.1) is 11.8 Å². The van der Waals surface area contributed by atoms with Crippen molar-refractivity contribution < 1.29 is 19.2 Å². The lowest BCUT2D eigenvalue weighted by Crippen LogP contribution is -2.59. The van der Waals surface area contributed by atoms with E-state index in [0.717, 1.165) is 24.8 Å². The van der Waals surface area contributed by atoms with Crippen molar-refractivity contribution in [1.82, 2.24) is 10.2 Å². The Morgan fingerprint density at radius 3 is 2.65 bits per heavy atom. The fourth-order valence-corrected chi connectivity index (χ4v) is 4.28. The summed E-state index contributed by atoms with van der Waals surface area (Å²) in [5, 5.41) is 5.07. The van der Waals surface area contributed by atoms with E-state index in [2.05, 4.69) is 10.6 Å². The standard InChI is InChI=1S/C19H21N3O4/c1-10(23)20-13-6-5-12-9-22(19(26)15(12)7-13)17-14(11-3-2-4-11)8-16(24)21-18(17)25/h5-7,11,14,17H,2-4,8-9H2,1H3,(H,20,23)(H,21,24,25). The second-order valence-corrected chi connectivity index (χ2v) is 7.40. The lowest BCUT2D eigenvalue weighted by molar-refractivity contribution is -0.142. The van der Waals surface area contributed by atoms with Gasteiger partial charge in [-0.25, -0.2) is 0 Å². The van der Waals surface area contributed by atoms with E-state index in [-0.39, 0.29) is 29.5 Å². The molecule has 2 N–H and O–H groups in total. The molecular weight excluding hydrogens is 334 g/mol. The predicted molar refractivity (Wildman–Crippen MR) is 93.0 cm³/mol. The molecule has 7 heteroatoms. The number of anilines is 1. The molecule has 1 aliphatic carbocycles. The molecule has 2 atom stereocenters. The summed E-state index contributed by atoms with van der Waals surface area (Å²) in [6.45, 7) is 1.76. The highest BCUT2D eigenvalue weighted by Gasteiger charge is 2.48. The maximum absolute atomic E-state index is 13.0. The zero-order valence-corrected chi connectivity index (χ0v) is 14.6. The van der Waals surface area contributed by atoms with E-state index in [1.165, 1.54) is 6.92 Å². The minimum Gasteiger partial charge on any atom is -0.326 e. The van der Waals surface area contributed by atoms with Crippen LogP contribution in [0.15, 0.2) is 18.2 Å². The molecule has 0 radical (unpaired) electrons. The second-order valence-electron chi connectivity index (χ2n) is 7.40. The zero-order valence-electron chi connectivity index (χ0n) is 14.6. The Morgan fingerprint density at radius 2 is 2.00 bits per heavy atom. The van der Waals surface area contributed by atoms with Crippen LogP contribution in [0.5, 0.6) is 0 Å². The first-order valence-electron chi connectivity index (χ1n) is 8.99. The number of nitrogens with one attached hydrogen (secondary N) is 2. The van der Waals surface area contributed by atoms with Crippen LogP contribution in [0.2, 0.25) is 0 Å². The van der Waals surface area contributed by atoms with Gasteiger partial charge in [-0.3, -0.25) is 24.5 Å². The van der Waals surface area contributed by atoms with Gasteiger partial charge in [0, 0.05) is 31.1 Å². The summed E-state index contributed by atoms with van der Waals surface area (Å²) in [4.78, 5) is 50.3. The molecule has 0 bridgehead atoms. The lowest BCUT2D eigenvalue weighted by atomic mass is 9.69. The van der Waals surface area contributed by atoms with Crippen molar-refractivity contribution >= 4 is 29.3 Å². The van der Waals surface area contributed by atoms with Gasteiger partial charge >= 0.3 is 0 Å². The minimum atomic E-state index is -0.609. The van der Waals surface area contributed by atoms with Gasteiger partial charge in [0.1, 0.15) is 6.04 Å². The number of amides is 4. The van der Waals surface area contributed by atoms with Gasteiger partial charge in [-0.15, -0.1) is 0 Å². The third-order valence-electron chi connectivity index (χ3n) is 5.71. The van der Waals surface area contributed by atoms with Crippen LogP contribution in [0.1, 0.15) is 48.5 Å². The number of hydrogen-bond donors (Lipinski definition) is 2. The summed E-state index contributed by atoms with van der Waals surface area (Å²) < 4.78 is 0. The van der Waals surface area contributed by atoms with E-state index in [4.69, 9.17) is 0 Å². The van der Waals surface area contributed by atoms with E-state index in [1.54, 1.807) is 17.0 Å². The van der Waals surface area contributed by atoms with Crippen molar-refractivity contribution in [2.24, 2.45) is 11.8 Å². The Morgan fingerprint density at radius 1 is 1.23 bits per heavy atom. The van der Waals surface area contributed by atoms with E-state index in [0.29, 0.717) is 30.1 Å². The summed E-state index contributed by atoms with van der Waals surface area (Å²) in [5.41, 5.74) is 1.90. The molecule has 4 rings (SSSR count). The monoisotopic (exact) mass is 355 g/mol. The van der Waals surface area contributed by atoms with Crippen LogP contribution in [-0.2, 0) is 20.9 Å². The topological polar surface area (TPSA) is 95.6 Å². The molecular formula is C19H21N3O4. The Labute approximate surface area is 151 Å².